The number of nitrogens with zero attached hydrogens (tertiary/aromatic N) is 2. The average Bonchev–Trinajstić information content (AvgIpc) is 3.11. The smallest absolute Gasteiger partial charge is 0.104 e. The van der Waals surface area contributed by atoms with Gasteiger partial charge in [0.25, 0.3) is 0 Å². The van der Waals surface area contributed by atoms with Crippen molar-refractivity contribution in [1.29, 1.82) is 10.5 Å². The Hall–Kier alpha value is -1.62. The zero-order valence-electron chi connectivity index (χ0n) is 9.48. The monoisotopic (exact) mass is 220 g/mol. The Kier molecular flexibility index (Phi) is 8.91. The second-order valence-electron chi connectivity index (χ2n) is 3.14. The van der Waals surface area contributed by atoms with Gasteiger partial charge in [0.05, 0.1) is 38.4 Å². The first-order valence-electron chi connectivity index (χ1n) is 4.98. The van der Waals surface area contributed by atoms with Crippen LogP contribution < -0.4 is 0 Å². The maximum Gasteiger partial charge on any atom is 0.104 e. The summed E-state index contributed by atoms with van der Waals surface area (Å²) in [5, 5.41) is 16.1. The van der Waals surface area contributed by atoms with Crippen molar-refractivity contribution in [2.75, 3.05) is 19.8 Å². The highest BCUT2D eigenvalue weighted by Crippen LogP contribution is 2.07. The third-order valence-electron chi connectivity index (χ3n) is 1.62. The summed E-state index contributed by atoms with van der Waals surface area (Å²) < 4.78 is 9.96. The van der Waals surface area contributed by atoms with Crippen LogP contribution in [0, 0.1) is 22.7 Å². The number of nitriles is 2. The Balaban J connectivity index is 0.000000281. The number of ether oxygens (including phenoxy) is 2. The molecule has 0 N–H and O–H groups in total. The number of epoxide rings is 1. The third kappa shape index (κ3) is 10.5. The fourth-order valence-electron chi connectivity index (χ4n) is 0.691. The van der Waals surface area contributed by atoms with Crippen molar-refractivity contribution in [3.8, 4) is 12.1 Å². The number of rotatable bonds is 5. The molecule has 0 bridgehead atoms. The molecule has 1 atom stereocenters. The maximum atomic E-state index is 8.13. The molecule has 86 valence electrons. The van der Waals surface area contributed by atoms with Crippen LogP contribution in [0.3, 0.4) is 0 Å². The van der Waals surface area contributed by atoms with E-state index in [-0.39, 0.29) is 0 Å². The molecule has 1 aliphatic rings. The molecule has 0 saturated carbocycles. The summed E-state index contributed by atoms with van der Waals surface area (Å²) in [4.78, 5) is 0. The number of allylic oxidation sites excluding steroid dienone is 2. The highest BCUT2D eigenvalue weighted by Gasteiger charge is 2.21. The molecule has 4 nitrogen and oxygen atoms in total. The van der Waals surface area contributed by atoms with Crippen LogP contribution in [0.15, 0.2) is 24.3 Å². The lowest BCUT2D eigenvalue weighted by molar-refractivity contribution is 0.141. The van der Waals surface area contributed by atoms with Gasteiger partial charge < -0.3 is 9.47 Å². The summed E-state index contributed by atoms with van der Waals surface area (Å²) in [6.07, 6.45) is 4.05. The first-order chi connectivity index (χ1) is 7.74. The molecular formula is C12H16N2O2. The molecule has 1 heterocycles. The molecule has 0 aliphatic carbocycles. The fourth-order valence-corrected chi connectivity index (χ4v) is 0.691. The highest BCUT2D eigenvalue weighted by atomic mass is 16.6. The topological polar surface area (TPSA) is 69.3 Å². The van der Waals surface area contributed by atoms with Crippen LogP contribution in [-0.2, 0) is 9.47 Å². The Morgan fingerprint density at radius 3 is 2.75 bits per heavy atom. The van der Waals surface area contributed by atoms with E-state index in [0.29, 0.717) is 24.7 Å². The second-order valence-corrected chi connectivity index (χ2v) is 3.14. The Morgan fingerprint density at radius 1 is 1.62 bits per heavy atom. The Morgan fingerprint density at radius 2 is 2.31 bits per heavy atom. The Labute approximate surface area is 96.4 Å². The van der Waals surface area contributed by atoms with Crippen LogP contribution in [0.2, 0.25) is 0 Å². The van der Waals surface area contributed by atoms with Crippen molar-refractivity contribution in [3.63, 3.8) is 0 Å². The van der Waals surface area contributed by atoms with Gasteiger partial charge >= 0.3 is 0 Å². The van der Waals surface area contributed by atoms with Crippen LogP contribution in [0.4, 0.5) is 0 Å². The average molecular weight is 220 g/mol. The molecule has 0 aromatic rings. The standard InChI is InChI=1S/C6H6N2.C6H10O2/c1-6(5-8)3-2-4-7;1-2-3-7-4-6-5-8-6/h3H,2H2,1H3;2,6H,1,3-5H2. The third-order valence-corrected chi connectivity index (χ3v) is 1.62. The van der Waals surface area contributed by atoms with Crippen LogP contribution in [-0.4, -0.2) is 25.9 Å². The minimum absolute atomic E-state index is 0.333. The van der Waals surface area contributed by atoms with Crippen molar-refractivity contribution in [1.82, 2.24) is 0 Å². The van der Waals surface area contributed by atoms with Crippen LogP contribution >= 0.6 is 0 Å². The molecular weight excluding hydrogens is 204 g/mol. The van der Waals surface area contributed by atoms with E-state index in [9.17, 15) is 0 Å². The van der Waals surface area contributed by atoms with Gasteiger partial charge in [-0.3, -0.25) is 0 Å². The Bertz CT molecular complexity index is 306. The lowest BCUT2D eigenvalue weighted by Crippen LogP contribution is -2.00. The SMILES string of the molecule is C=CCOCC1CO1.CC(C#N)=CCC#N. The van der Waals surface area contributed by atoms with Crippen molar-refractivity contribution >= 4 is 0 Å². The van der Waals surface area contributed by atoms with Gasteiger partial charge in [-0.05, 0) is 6.92 Å². The van der Waals surface area contributed by atoms with Gasteiger partial charge in [0.1, 0.15) is 6.10 Å². The second kappa shape index (κ2) is 9.92. The molecule has 1 fully saturated rings. The minimum Gasteiger partial charge on any atom is -0.375 e. The molecule has 16 heavy (non-hydrogen) atoms. The van der Waals surface area contributed by atoms with Crippen molar-refractivity contribution in [2.45, 2.75) is 19.4 Å². The predicted molar refractivity (Wildman–Crippen MR) is 60.4 cm³/mol. The van der Waals surface area contributed by atoms with E-state index < -0.39 is 0 Å². The fraction of sp³-hybridized carbons (Fsp3) is 0.500. The summed E-state index contributed by atoms with van der Waals surface area (Å²) in [6.45, 7) is 7.43. The maximum absolute atomic E-state index is 8.13. The van der Waals surface area contributed by atoms with E-state index in [1.54, 1.807) is 19.1 Å². The molecule has 0 aromatic carbocycles. The van der Waals surface area contributed by atoms with E-state index in [2.05, 4.69) is 6.58 Å². The predicted octanol–water partition coefficient (Wildman–Crippen LogP) is 1.96. The lowest BCUT2D eigenvalue weighted by Gasteiger charge is -1.92. The van der Waals surface area contributed by atoms with Gasteiger partial charge in [-0.15, -0.1) is 6.58 Å². The molecule has 0 spiro atoms. The first kappa shape index (κ1) is 14.4. The molecule has 0 radical (unpaired) electrons. The summed E-state index contributed by atoms with van der Waals surface area (Å²) in [6, 6.07) is 3.82. The normalized spacial score (nSPS) is 17.4. The molecule has 1 aliphatic heterocycles. The highest BCUT2D eigenvalue weighted by molar-refractivity contribution is 5.18. The minimum atomic E-state index is 0.333. The zero-order valence-corrected chi connectivity index (χ0v) is 9.48. The van der Waals surface area contributed by atoms with Crippen LogP contribution in [0.5, 0.6) is 0 Å². The molecule has 4 heteroatoms. The summed E-state index contributed by atoms with van der Waals surface area (Å²) in [7, 11) is 0. The van der Waals surface area contributed by atoms with E-state index in [0.717, 1.165) is 13.2 Å². The van der Waals surface area contributed by atoms with E-state index in [1.807, 2.05) is 12.1 Å². The van der Waals surface area contributed by atoms with Crippen LogP contribution in [0.25, 0.3) is 0 Å². The van der Waals surface area contributed by atoms with E-state index in [4.69, 9.17) is 20.0 Å². The van der Waals surface area contributed by atoms with Gasteiger partial charge in [0.15, 0.2) is 0 Å². The largest absolute Gasteiger partial charge is 0.375 e. The molecule has 1 unspecified atom stereocenters. The molecule has 0 amide bonds. The van der Waals surface area contributed by atoms with E-state index >= 15 is 0 Å². The molecule has 1 saturated heterocycles. The van der Waals surface area contributed by atoms with Gasteiger partial charge in [-0.2, -0.15) is 10.5 Å². The summed E-state index contributed by atoms with van der Waals surface area (Å²) in [5.74, 6) is 0. The van der Waals surface area contributed by atoms with Gasteiger partial charge in [-0.25, -0.2) is 0 Å². The quantitative estimate of drug-likeness (QED) is 0.307. The van der Waals surface area contributed by atoms with Gasteiger partial charge in [-0.1, -0.05) is 12.2 Å². The van der Waals surface area contributed by atoms with Crippen LogP contribution in [0.1, 0.15) is 13.3 Å². The number of hydrogen-bond acceptors (Lipinski definition) is 4. The first-order valence-corrected chi connectivity index (χ1v) is 4.98. The van der Waals surface area contributed by atoms with E-state index in [1.165, 1.54) is 0 Å². The van der Waals surface area contributed by atoms with Crippen molar-refractivity contribution in [2.24, 2.45) is 0 Å². The molecule has 1 rings (SSSR count). The summed E-state index contributed by atoms with van der Waals surface area (Å²) >= 11 is 0. The summed E-state index contributed by atoms with van der Waals surface area (Å²) in [5.41, 5.74) is 0.603. The zero-order chi connectivity index (χ0) is 12.2. The lowest BCUT2D eigenvalue weighted by atomic mass is 10.3. The number of hydrogen-bond donors (Lipinski definition) is 0. The molecule has 0 aromatic heterocycles. The van der Waals surface area contributed by atoms with Gasteiger partial charge in [0.2, 0.25) is 0 Å². The van der Waals surface area contributed by atoms with Gasteiger partial charge in [0, 0.05) is 5.57 Å². The van der Waals surface area contributed by atoms with Crippen molar-refractivity contribution in [3.05, 3.63) is 24.3 Å². The van der Waals surface area contributed by atoms with Crippen molar-refractivity contribution < 1.29 is 9.47 Å².